The first-order chi connectivity index (χ1) is 9.06. The summed E-state index contributed by atoms with van der Waals surface area (Å²) < 4.78 is 6.55. The van der Waals surface area contributed by atoms with Gasteiger partial charge in [-0.05, 0) is 32.9 Å². The molecule has 0 amide bonds. The van der Waals surface area contributed by atoms with Crippen LogP contribution in [0, 0.1) is 13.8 Å². The minimum Gasteiger partial charge on any atom is -0.469 e. The van der Waals surface area contributed by atoms with Gasteiger partial charge in [0.1, 0.15) is 0 Å². The van der Waals surface area contributed by atoms with E-state index in [-0.39, 0.29) is 11.9 Å². The Kier molecular flexibility index (Phi) is 3.64. The van der Waals surface area contributed by atoms with Crippen LogP contribution in [0.4, 0.5) is 0 Å². The van der Waals surface area contributed by atoms with Gasteiger partial charge in [0.25, 0.3) is 0 Å². The van der Waals surface area contributed by atoms with E-state index in [0.717, 1.165) is 22.8 Å². The van der Waals surface area contributed by atoms with Gasteiger partial charge in [-0.3, -0.25) is 4.79 Å². The van der Waals surface area contributed by atoms with Crippen LogP contribution in [0.1, 0.15) is 29.8 Å². The molecular formula is C14H17N3O2. The van der Waals surface area contributed by atoms with Crippen molar-refractivity contribution >= 4 is 5.97 Å². The zero-order valence-corrected chi connectivity index (χ0v) is 11.5. The summed E-state index contributed by atoms with van der Waals surface area (Å²) >= 11 is 0. The van der Waals surface area contributed by atoms with E-state index in [4.69, 9.17) is 4.74 Å². The Hall–Kier alpha value is -2.17. The molecule has 0 aliphatic rings. The Morgan fingerprint density at radius 2 is 2.11 bits per heavy atom. The van der Waals surface area contributed by atoms with Crippen LogP contribution in [0.3, 0.4) is 0 Å². The summed E-state index contributed by atoms with van der Waals surface area (Å²) in [5.41, 5.74) is 2.63. The van der Waals surface area contributed by atoms with Crippen LogP contribution in [-0.2, 0) is 9.53 Å². The third-order valence-corrected chi connectivity index (χ3v) is 3.20. The number of esters is 1. The average Bonchev–Trinajstić information content (AvgIpc) is 2.73. The minimum absolute atomic E-state index is 0.258. The Balaban J connectivity index is 2.49. The van der Waals surface area contributed by atoms with E-state index in [0.29, 0.717) is 0 Å². The Labute approximate surface area is 112 Å². The predicted octanol–water partition coefficient (Wildman–Crippen LogP) is 2.16. The van der Waals surface area contributed by atoms with Gasteiger partial charge in [0.05, 0.1) is 18.7 Å². The maximum atomic E-state index is 11.7. The smallest absolute Gasteiger partial charge is 0.312 e. The summed E-state index contributed by atoms with van der Waals surface area (Å²) in [6.07, 6.45) is 1.72. The van der Waals surface area contributed by atoms with Gasteiger partial charge in [-0.1, -0.05) is 6.07 Å². The van der Waals surface area contributed by atoms with Crippen LogP contribution in [0.2, 0.25) is 0 Å². The molecule has 1 atom stereocenters. The lowest BCUT2D eigenvalue weighted by Crippen LogP contribution is -2.12. The van der Waals surface area contributed by atoms with E-state index in [1.165, 1.54) is 7.11 Å². The van der Waals surface area contributed by atoms with Crippen molar-refractivity contribution in [1.29, 1.82) is 0 Å². The van der Waals surface area contributed by atoms with Crippen molar-refractivity contribution in [2.24, 2.45) is 0 Å². The van der Waals surface area contributed by atoms with Crippen LogP contribution in [0.25, 0.3) is 5.82 Å². The van der Waals surface area contributed by atoms with Crippen molar-refractivity contribution in [1.82, 2.24) is 14.8 Å². The molecule has 0 unspecified atom stereocenters. The summed E-state index contributed by atoms with van der Waals surface area (Å²) in [5.74, 6) is 0.153. The van der Waals surface area contributed by atoms with E-state index in [1.807, 2.05) is 39.0 Å². The largest absolute Gasteiger partial charge is 0.469 e. The number of ether oxygens (including phenoxy) is 1. The van der Waals surface area contributed by atoms with Crippen LogP contribution in [-0.4, -0.2) is 27.8 Å². The summed E-state index contributed by atoms with van der Waals surface area (Å²) in [6.45, 7) is 5.65. The average molecular weight is 259 g/mol. The zero-order valence-electron chi connectivity index (χ0n) is 11.5. The predicted molar refractivity (Wildman–Crippen MR) is 71.3 cm³/mol. The number of rotatable bonds is 3. The normalized spacial score (nSPS) is 12.2. The third-order valence-electron chi connectivity index (χ3n) is 3.20. The van der Waals surface area contributed by atoms with Crippen molar-refractivity contribution in [2.75, 3.05) is 7.11 Å². The van der Waals surface area contributed by atoms with Crippen LogP contribution >= 0.6 is 0 Å². The number of aryl methyl sites for hydroxylation is 1. The van der Waals surface area contributed by atoms with Crippen LogP contribution in [0.5, 0.6) is 0 Å². The lowest BCUT2D eigenvalue weighted by atomic mass is 9.99. The van der Waals surface area contributed by atoms with Crippen LogP contribution in [0.15, 0.2) is 24.4 Å². The molecule has 100 valence electrons. The van der Waals surface area contributed by atoms with Crippen molar-refractivity contribution < 1.29 is 9.53 Å². The van der Waals surface area contributed by atoms with E-state index in [9.17, 15) is 4.79 Å². The summed E-state index contributed by atoms with van der Waals surface area (Å²) in [6, 6.07) is 5.64. The van der Waals surface area contributed by atoms with Gasteiger partial charge < -0.3 is 4.74 Å². The number of carbonyl (C=O) groups excluding carboxylic acids is 1. The Morgan fingerprint density at radius 1 is 1.37 bits per heavy atom. The lowest BCUT2D eigenvalue weighted by molar-refractivity contribution is -0.142. The monoisotopic (exact) mass is 259 g/mol. The van der Waals surface area contributed by atoms with Gasteiger partial charge in [-0.25, -0.2) is 9.67 Å². The van der Waals surface area contributed by atoms with Gasteiger partial charge >= 0.3 is 5.97 Å². The number of methoxy groups -OCH3 is 1. The third kappa shape index (κ3) is 2.36. The Bertz CT molecular complexity index is 590. The van der Waals surface area contributed by atoms with E-state index in [2.05, 4.69) is 10.1 Å². The maximum absolute atomic E-state index is 11.7. The fourth-order valence-electron chi connectivity index (χ4n) is 2.28. The fraction of sp³-hybridized carbons (Fsp3) is 0.357. The number of hydrogen-bond donors (Lipinski definition) is 0. The highest BCUT2D eigenvalue weighted by Crippen LogP contribution is 2.25. The first-order valence-electron chi connectivity index (χ1n) is 6.11. The molecule has 0 saturated carbocycles. The lowest BCUT2D eigenvalue weighted by Gasteiger charge is -2.10. The number of nitrogens with zero attached hydrogens (tertiary/aromatic N) is 3. The molecule has 19 heavy (non-hydrogen) atoms. The molecule has 0 N–H and O–H groups in total. The molecular weight excluding hydrogens is 242 g/mol. The van der Waals surface area contributed by atoms with Crippen molar-refractivity contribution in [3.05, 3.63) is 41.3 Å². The van der Waals surface area contributed by atoms with Crippen molar-refractivity contribution in [3.63, 3.8) is 0 Å². The molecule has 0 aromatic carbocycles. The molecule has 0 fully saturated rings. The molecule has 0 saturated heterocycles. The van der Waals surface area contributed by atoms with Gasteiger partial charge in [-0.15, -0.1) is 0 Å². The highest BCUT2D eigenvalue weighted by atomic mass is 16.5. The van der Waals surface area contributed by atoms with E-state index >= 15 is 0 Å². The molecule has 0 bridgehead atoms. The first-order valence-corrected chi connectivity index (χ1v) is 6.11. The molecule has 0 spiro atoms. The minimum atomic E-state index is -0.331. The van der Waals surface area contributed by atoms with Gasteiger partial charge in [0.2, 0.25) is 0 Å². The molecule has 2 aromatic heterocycles. The van der Waals surface area contributed by atoms with E-state index < -0.39 is 0 Å². The summed E-state index contributed by atoms with van der Waals surface area (Å²) in [7, 11) is 1.40. The second-order valence-electron chi connectivity index (χ2n) is 4.43. The van der Waals surface area contributed by atoms with E-state index in [1.54, 1.807) is 10.9 Å². The molecule has 5 nitrogen and oxygen atoms in total. The molecule has 2 rings (SSSR count). The fourth-order valence-corrected chi connectivity index (χ4v) is 2.28. The van der Waals surface area contributed by atoms with Gasteiger partial charge in [0.15, 0.2) is 5.82 Å². The highest BCUT2D eigenvalue weighted by Gasteiger charge is 2.24. The summed E-state index contributed by atoms with van der Waals surface area (Å²) in [4.78, 5) is 16.0. The highest BCUT2D eigenvalue weighted by molar-refractivity contribution is 5.78. The van der Waals surface area contributed by atoms with Gasteiger partial charge in [0, 0.05) is 17.5 Å². The molecule has 0 radical (unpaired) electrons. The maximum Gasteiger partial charge on any atom is 0.312 e. The zero-order chi connectivity index (χ0) is 14.0. The second kappa shape index (κ2) is 5.22. The first kappa shape index (κ1) is 13.3. The number of aromatic nitrogens is 3. The van der Waals surface area contributed by atoms with Crippen LogP contribution < -0.4 is 0 Å². The number of pyridine rings is 1. The summed E-state index contributed by atoms with van der Waals surface area (Å²) in [5, 5.41) is 4.46. The quantitative estimate of drug-likeness (QED) is 0.793. The molecule has 0 aliphatic heterocycles. The molecule has 2 aromatic rings. The van der Waals surface area contributed by atoms with Crippen molar-refractivity contribution in [3.8, 4) is 5.82 Å². The van der Waals surface area contributed by atoms with Gasteiger partial charge in [-0.2, -0.15) is 5.10 Å². The molecule has 0 aliphatic carbocycles. The number of hydrogen-bond acceptors (Lipinski definition) is 4. The number of carbonyl (C=O) groups is 1. The second-order valence-corrected chi connectivity index (χ2v) is 4.43. The SMILES string of the molecule is COC(=O)[C@@H](C)c1c(C)nn(-c2ccccn2)c1C. The topological polar surface area (TPSA) is 57.0 Å². The molecule has 5 heteroatoms. The standard InChI is InChI=1S/C14H17N3O2/c1-9(14(18)19-4)13-10(2)16-17(11(13)3)12-7-5-6-8-15-12/h5-9H,1-4H3/t9-/m0/s1. The Morgan fingerprint density at radius 3 is 2.68 bits per heavy atom. The van der Waals surface area contributed by atoms with Crippen molar-refractivity contribution in [2.45, 2.75) is 26.7 Å². The molecule has 2 heterocycles.